The molecule has 1 aliphatic rings. The van der Waals surface area contributed by atoms with Gasteiger partial charge in [0.25, 0.3) is 0 Å². The molecule has 0 aromatic heterocycles. The fourth-order valence-electron chi connectivity index (χ4n) is 0.746. The van der Waals surface area contributed by atoms with Crippen molar-refractivity contribution in [3.8, 4) is 0 Å². The number of nitrogens with zero attached hydrogens (tertiary/aromatic N) is 2. The largest absolute Gasteiger partial charge is 0.248 e. The zero-order valence-electron chi connectivity index (χ0n) is 6.41. The lowest BCUT2D eigenvalue weighted by atomic mass is 9.89. The summed E-state index contributed by atoms with van der Waals surface area (Å²) in [5, 5.41) is 0. The number of hydrogen-bond donors (Lipinski definition) is 0. The van der Waals surface area contributed by atoms with Crippen molar-refractivity contribution in [1.29, 1.82) is 0 Å². The van der Waals surface area contributed by atoms with Crippen LogP contribution in [0.1, 0.15) is 20.3 Å². The van der Waals surface area contributed by atoms with Gasteiger partial charge in [0.15, 0.2) is 0 Å². The highest BCUT2D eigenvalue weighted by atomic mass is 14.8. The molecule has 0 spiro atoms. The van der Waals surface area contributed by atoms with Gasteiger partial charge in [0.2, 0.25) is 0 Å². The molecule has 0 aromatic rings. The molecule has 0 N–H and O–H groups in total. The summed E-state index contributed by atoms with van der Waals surface area (Å²) in [5.41, 5.74) is 0.108. The highest BCUT2D eigenvalue weighted by molar-refractivity contribution is 5.78. The van der Waals surface area contributed by atoms with Crippen LogP contribution in [0.3, 0.4) is 0 Å². The summed E-state index contributed by atoms with van der Waals surface area (Å²) >= 11 is 0. The summed E-state index contributed by atoms with van der Waals surface area (Å²) in [6.45, 7) is 4.28. The third-order valence-electron chi connectivity index (χ3n) is 1.81. The van der Waals surface area contributed by atoms with Gasteiger partial charge >= 0.3 is 0 Å². The molecule has 1 aliphatic heterocycles. The van der Waals surface area contributed by atoms with E-state index < -0.39 is 0 Å². The van der Waals surface area contributed by atoms with E-state index in [1.807, 2.05) is 6.21 Å². The van der Waals surface area contributed by atoms with Crippen LogP contribution in [0.4, 0.5) is 0 Å². The summed E-state index contributed by atoms with van der Waals surface area (Å²) in [7, 11) is 0. The lowest BCUT2D eigenvalue weighted by Crippen LogP contribution is -2.12. The van der Waals surface area contributed by atoms with Crippen LogP contribution in [-0.4, -0.2) is 12.6 Å². The summed E-state index contributed by atoms with van der Waals surface area (Å²) in [4.78, 5) is 7.93. The molecule has 0 saturated carbocycles. The molecule has 0 aliphatic carbocycles. The Balaban J connectivity index is 2.80. The zero-order chi connectivity index (χ0) is 7.45. The number of hydrogen-bond acceptors (Lipinski definition) is 2. The van der Waals surface area contributed by atoms with Crippen LogP contribution in [0.25, 0.3) is 0 Å². The van der Waals surface area contributed by atoms with Crippen LogP contribution in [-0.2, 0) is 0 Å². The normalized spacial score (nSPS) is 30.6. The molecule has 2 heteroatoms. The van der Waals surface area contributed by atoms with E-state index in [2.05, 4.69) is 29.9 Å². The number of allylic oxidation sites excluding steroid dienone is 1. The molecule has 0 saturated heterocycles. The Labute approximate surface area is 61.4 Å². The second-order valence-corrected chi connectivity index (χ2v) is 2.72. The van der Waals surface area contributed by atoms with Crippen molar-refractivity contribution in [2.24, 2.45) is 15.4 Å². The maximum absolute atomic E-state index is 4.02. The standard InChI is InChI=1S/C8H12N2/c1-3-8(2)4-5-9-7-10-6-8/h4-7H,3H2,1-2H3. The van der Waals surface area contributed by atoms with E-state index in [-0.39, 0.29) is 5.41 Å². The second kappa shape index (κ2) is 2.78. The van der Waals surface area contributed by atoms with Crippen molar-refractivity contribution in [1.82, 2.24) is 0 Å². The van der Waals surface area contributed by atoms with Crippen molar-refractivity contribution in [2.45, 2.75) is 20.3 Å². The molecule has 0 fully saturated rings. The average molecular weight is 136 g/mol. The molecular weight excluding hydrogens is 124 g/mol. The molecule has 1 atom stereocenters. The fourth-order valence-corrected chi connectivity index (χ4v) is 0.746. The molecule has 0 amide bonds. The summed E-state index contributed by atoms with van der Waals surface area (Å²) < 4.78 is 0. The van der Waals surface area contributed by atoms with Crippen molar-refractivity contribution < 1.29 is 0 Å². The highest BCUT2D eigenvalue weighted by Crippen LogP contribution is 2.20. The van der Waals surface area contributed by atoms with E-state index in [0.29, 0.717) is 0 Å². The smallest absolute Gasteiger partial charge is 0.114 e. The fraction of sp³-hybridized carbons (Fsp3) is 0.500. The Morgan fingerprint density at radius 3 is 2.90 bits per heavy atom. The molecule has 2 nitrogen and oxygen atoms in total. The molecule has 1 heterocycles. The van der Waals surface area contributed by atoms with Crippen LogP contribution >= 0.6 is 0 Å². The van der Waals surface area contributed by atoms with Gasteiger partial charge in [-0.25, -0.2) is 9.98 Å². The highest BCUT2D eigenvalue weighted by Gasteiger charge is 2.15. The van der Waals surface area contributed by atoms with Crippen molar-refractivity contribution in [3.63, 3.8) is 0 Å². The van der Waals surface area contributed by atoms with Gasteiger partial charge in [0, 0.05) is 17.8 Å². The Bertz CT molecular complexity index is 173. The number of aliphatic imine (C=N–C) groups is 2. The Morgan fingerprint density at radius 1 is 1.40 bits per heavy atom. The summed E-state index contributed by atoms with van der Waals surface area (Å²) in [6, 6.07) is 0. The van der Waals surface area contributed by atoms with Gasteiger partial charge in [-0.2, -0.15) is 0 Å². The SMILES string of the molecule is CCC1(C)C=CN=CN=C1. The van der Waals surface area contributed by atoms with Gasteiger partial charge in [0.1, 0.15) is 6.34 Å². The zero-order valence-corrected chi connectivity index (χ0v) is 6.41. The molecule has 0 aromatic carbocycles. The predicted octanol–water partition coefficient (Wildman–Crippen LogP) is 2.03. The minimum absolute atomic E-state index is 0.108. The van der Waals surface area contributed by atoms with Crippen molar-refractivity contribution in [2.75, 3.05) is 0 Å². The molecule has 1 unspecified atom stereocenters. The predicted molar refractivity (Wildman–Crippen MR) is 44.5 cm³/mol. The first-order valence-corrected chi connectivity index (χ1v) is 3.50. The van der Waals surface area contributed by atoms with Crippen LogP contribution in [0.5, 0.6) is 0 Å². The molecule has 0 radical (unpaired) electrons. The third-order valence-corrected chi connectivity index (χ3v) is 1.81. The van der Waals surface area contributed by atoms with E-state index in [0.717, 1.165) is 6.42 Å². The minimum atomic E-state index is 0.108. The van der Waals surface area contributed by atoms with Gasteiger partial charge in [-0.3, -0.25) is 0 Å². The molecule has 54 valence electrons. The average Bonchev–Trinajstić information content (AvgIpc) is 2.15. The number of rotatable bonds is 1. The van der Waals surface area contributed by atoms with Crippen LogP contribution in [0.15, 0.2) is 22.3 Å². The summed E-state index contributed by atoms with van der Waals surface area (Å²) in [6.07, 6.45) is 8.43. The van der Waals surface area contributed by atoms with Gasteiger partial charge < -0.3 is 0 Å². The Kier molecular flexibility index (Phi) is 2.00. The quantitative estimate of drug-likeness (QED) is 0.527. The van der Waals surface area contributed by atoms with Crippen LogP contribution < -0.4 is 0 Å². The topological polar surface area (TPSA) is 24.7 Å². The van der Waals surface area contributed by atoms with Gasteiger partial charge in [-0.15, -0.1) is 0 Å². The molecule has 0 bridgehead atoms. The van der Waals surface area contributed by atoms with E-state index in [9.17, 15) is 0 Å². The molecular formula is C8H12N2. The Morgan fingerprint density at radius 2 is 2.20 bits per heavy atom. The van der Waals surface area contributed by atoms with Gasteiger partial charge in [-0.1, -0.05) is 19.9 Å². The van der Waals surface area contributed by atoms with Crippen molar-refractivity contribution >= 4 is 12.6 Å². The molecule has 1 rings (SSSR count). The van der Waals surface area contributed by atoms with Crippen LogP contribution in [0.2, 0.25) is 0 Å². The lowest BCUT2D eigenvalue weighted by Gasteiger charge is -2.15. The third kappa shape index (κ3) is 1.53. The van der Waals surface area contributed by atoms with E-state index in [1.54, 1.807) is 12.5 Å². The van der Waals surface area contributed by atoms with Crippen molar-refractivity contribution in [3.05, 3.63) is 12.3 Å². The van der Waals surface area contributed by atoms with Gasteiger partial charge in [0.05, 0.1) is 0 Å². The second-order valence-electron chi connectivity index (χ2n) is 2.72. The first-order chi connectivity index (χ1) is 4.77. The maximum Gasteiger partial charge on any atom is 0.114 e. The monoisotopic (exact) mass is 136 g/mol. The first kappa shape index (κ1) is 7.19. The minimum Gasteiger partial charge on any atom is -0.248 e. The van der Waals surface area contributed by atoms with E-state index >= 15 is 0 Å². The van der Waals surface area contributed by atoms with E-state index in [1.165, 1.54) is 0 Å². The first-order valence-electron chi connectivity index (χ1n) is 3.50. The lowest BCUT2D eigenvalue weighted by molar-refractivity contribution is 0.587. The van der Waals surface area contributed by atoms with Gasteiger partial charge in [-0.05, 0) is 6.42 Å². The molecule has 10 heavy (non-hydrogen) atoms. The van der Waals surface area contributed by atoms with Crippen LogP contribution in [0, 0.1) is 5.41 Å². The van der Waals surface area contributed by atoms with E-state index in [4.69, 9.17) is 0 Å². The maximum atomic E-state index is 4.02. The summed E-state index contributed by atoms with van der Waals surface area (Å²) in [5.74, 6) is 0. The Hall–Kier alpha value is -0.920.